The average Bonchev–Trinajstić information content (AvgIpc) is 3.18. The van der Waals surface area contributed by atoms with Crippen molar-refractivity contribution >= 4 is 10.8 Å². The molecule has 0 amide bonds. The molecule has 1 saturated carbocycles. The third-order valence-corrected chi connectivity index (χ3v) is 5.61. The zero-order valence-electron chi connectivity index (χ0n) is 14.8. The third-order valence-electron chi connectivity index (χ3n) is 5.61. The van der Waals surface area contributed by atoms with E-state index in [0.717, 1.165) is 47.9 Å². The van der Waals surface area contributed by atoms with Crippen LogP contribution in [0.4, 0.5) is 4.39 Å². The van der Waals surface area contributed by atoms with E-state index in [1.54, 1.807) is 13.2 Å². The molecule has 1 aliphatic carbocycles. The van der Waals surface area contributed by atoms with E-state index in [1.165, 1.54) is 6.07 Å². The van der Waals surface area contributed by atoms with Gasteiger partial charge in [-0.3, -0.25) is 0 Å². The number of aliphatic hydroxyl groups excluding tert-OH is 1. The molecule has 0 radical (unpaired) electrons. The van der Waals surface area contributed by atoms with Gasteiger partial charge in [-0.15, -0.1) is 0 Å². The lowest BCUT2D eigenvalue weighted by Gasteiger charge is -2.28. The van der Waals surface area contributed by atoms with Crippen LogP contribution in [0.3, 0.4) is 0 Å². The average molecular weight is 351 g/mol. The van der Waals surface area contributed by atoms with Crippen molar-refractivity contribution in [3.63, 3.8) is 0 Å². The molecule has 1 heterocycles. The Bertz CT molecular complexity index is 948. The van der Waals surface area contributed by atoms with Crippen molar-refractivity contribution in [2.45, 2.75) is 31.1 Å². The summed E-state index contributed by atoms with van der Waals surface area (Å²) in [6, 6.07) is 14.7. The molecule has 0 unspecified atom stereocenters. The Morgan fingerprint density at radius 3 is 2.65 bits per heavy atom. The molecular formula is C22H22FNO2. The Balaban J connectivity index is 1.80. The molecule has 2 aromatic carbocycles. The molecule has 0 aliphatic heterocycles. The van der Waals surface area contributed by atoms with Gasteiger partial charge >= 0.3 is 0 Å². The SMILES string of the molecule is COc1nc(-c2ccc3cccc(F)c3c2)ccc1C1(CO)CCCC1. The van der Waals surface area contributed by atoms with E-state index in [2.05, 4.69) is 4.98 Å². The van der Waals surface area contributed by atoms with Gasteiger partial charge in [-0.05, 0) is 36.4 Å². The van der Waals surface area contributed by atoms with Crippen LogP contribution in [0.2, 0.25) is 0 Å². The van der Waals surface area contributed by atoms with Crippen molar-refractivity contribution in [1.82, 2.24) is 4.98 Å². The van der Waals surface area contributed by atoms with Crippen LogP contribution in [0.5, 0.6) is 5.88 Å². The minimum Gasteiger partial charge on any atom is -0.481 e. The summed E-state index contributed by atoms with van der Waals surface area (Å²) in [5, 5.41) is 11.4. The van der Waals surface area contributed by atoms with Crippen LogP contribution in [0.25, 0.3) is 22.0 Å². The zero-order chi connectivity index (χ0) is 18.1. The van der Waals surface area contributed by atoms with Crippen LogP contribution >= 0.6 is 0 Å². The molecule has 0 bridgehead atoms. The minimum absolute atomic E-state index is 0.103. The molecule has 4 heteroatoms. The molecule has 0 saturated heterocycles. The highest BCUT2D eigenvalue weighted by Crippen LogP contribution is 2.44. The molecule has 3 aromatic rings. The molecule has 4 rings (SSSR count). The number of ether oxygens (including phenoxy) is 1. The first-order valence-corrected chi connectivity index (χ1v) is 9.02. The maximum atomic E-state index is 14.1. The van der Waals surface area contributed by atoms with Crippen LogP contribution in [0.1, 0.15) is 31.2 Å². The Morgan fingerprint density at radius 2 is 1.92 bits per heavy atom. The van der Waals surface area contributed by atoms with Gasteiger partial charge in [-0.1, -0.05) is 43.2 Å². The Hall–Kier alpha value is -2.46. The predicted molar refractivity (Wildman–Crippen MR) is 101 cm³/mol. The fourth-order valence-electron chi connectivity index (χ4n) is 4.12. The summed E-state index contributed by atoms with van der Waals surface area (Å²) in [5.74, 6) is 0.310. The molecule has 1 aliphatic rings. The van der Waals surface area contributed by atoms with Gasteiger partial charge < -0.3 is 9.84 Å². The first-order valence-electron chi connectivity index (χ1n) is 9.02. The number of fused-ring (bicyclic) bond motifs is 1. The topological polar surface area (TPSA) is 42.4 Å². The van der Waals surface area contributed by atoms with E-state index in [1.807, 2.05) is 36.4 Å². The largest absolute Gasteiger partial charge is 0.481 e. The number of halogens is 1. The van der Waals surface area contributed by atoms with E-state index in [4.69, 9.17) is 4.74 Å². The smallest absolute Gasteiger partial charge is 0.217 e. The van der Waals surface area contributed by atoms with Crippen molar-refractivity contribution in [2.75, 3.05) is 13.7 Å². The molecular weight excluding hydrogens is 329 g/mol. The number of rotatable bonds is 4. The summed E-state index contributed by atoms with van der Waals surface area (Å²) in [6.45, 7) is 0.103. The molecule has 0 atom stereocenters. The van der Waals surface area contributed by atoms with E-state index in [-0.39, 0.29) is 17.8 Å². The van der Waals surface area contributed by atoms with Gasteiger partial charge in [0.2, 0.25) is 5.88 Å². The molecule has 1 N–H and O–H groups in total. The van der Waals surface area contributed by atoms with Crippen molar-refractivity contribution < 1.29 is 14.2 Å². The highest BCUT2D eigenvalue weighted by molar-refractivity contribution is 5.87. The van der Waals surface area contributed by atoms with Crippen LogP contribution in [0, 0.1) is 5.82 Å². The quantitative estimate of drug-likeness (QED) is 0.730. The Labute approximate surface area is 152 Å². The molecule has 26 heavy (non-hydrogen) atoms. The monoisotopic (exact) mass is 351 g/mol. The van der Waals surface area contributed by atoms with E-state index < -0.39 is 0 Å². The normalized spacial score (nSPS) is 16.1. The fraction of sp³-hybridized carbons (Fsp3) is 0.318. The van der Waals surface area contributed by atoms with E-state index >= 15 is 0 Å². The summed E-state index contributed by atoms with van der Waals surface area (Å²) in [4.78, 5) is 4.68. The van der Waals surface area contributed by atoms with Crippen LogP contribution in [0.15, 0.2) is 48.5 Å². The second-order valence-corrected chi connectivity index (χ2v) is 7.07. The van der Waals surface area contributed by atoms with Gasteiger partial charge in [0, 0.05) is 21.9 Å². The Kier molecular flexibility index (Phi) is 4.37. The highest BCUT2D eigenvalue weighted by Gasteiger charge is 2.38. The maximum Gasteiger partial charge on any atom is 0.217 e. The number of nitrogens with zero attached hydrogens (tertiary/aromatic N) is 1. The lowest BCUT2D eigenvalue weighted by atomic mass is 9.80. The number of methoxy groups -OCH3 is 1. The molecule has 1 aromatic heterocycles. The van der Waals surface area contributed by atoms with Crippen molar-refractivity contribution in [3.05, 3.63) is 59.9 Å². The van der Waals surface area contributed by atoms with E-state index in [9.17, 15) is 9.50 Å². The zero-order valence-corrected chi connectivity index (χ0v) is 14.8. The molecule has 1 fully saturated rings. The molecule has 3 nitrogen and oxygen atoms in total. The molecule has 134 valence electrons. The standard InChI is InChI=1S/C22H22FNO2/c1-26-21-18(22(14-25)11-2-3-12-22)9-10-20(24-21)16-8-7-15-5-4-6-19(23)17(15)13-16/h4-10,13,25H,2-3,11-12,14H2,1H3. The van der Waals surface area contributed by atoms with Gasteiger partial charge in [-0.2, -0.15) is 0 Å². The first kappa shape index (κ1) is 17.0. The predicted octanol–water partition coefficient (Wildman–Crippen LogP) is 4.85. The lowest BCUT2D eigenvalue weighted by molar-refractivity contribution is 0.191. The third kappa shape index (κ3) is 2.74. The van der Waals surface area contributed by atoms with E-state index in [0.29, 0.717) is 11.3 Å². The summed E-state index contributed by atoms with van der Waals surface area (Å²) < 4.78 is 19.7. The number of pyridine rings is 1. The molecule has 0 spiro atoms. The maximum absolute atomic E-state index is 14.1. The van der Waals surface area contributed by atoms with Crippen LogP contribution in [-0.4, -0.2) is 23.8 Å². The second-order valence-electron chi connectivity index (χ2n) is 7.07. The van der Waals surface area contributed by atoms with Crippen LogP contribution in [-0.2, 0) is 5.41 Å². The number of benzene rings is 2. The summed E-state index contributed by atoms with van der Waals surface area (Å²) in [5.41, 5.74) is 2.29. The van der Waals surface area contributed by atoms with Gasteiger partial charge in [-0.25, -0.2) is 9.37 Å². The summed E-state index contributed by atoms with van der Waals surface area (Å²) in [7, 11) is 1.61. The van der Waals surface area contributed by atoms with Gasteiger partial charge in [0.25, 0.3) is 0 Å². The lowest BCUT2D eigenvalue weighted by Crippen LogP contribution is -2.27. The summed E-state index contributed by atoms with van der Waals surface area (Å²) in [6.07, 6.45) is 4.11. The van der Waals surface area contributed by atoms with Gasteiger partial charge in [0.15, 0.2) is 0 Å². The minimum atomic E-state index is -0.258. The first-order chi connectivity index (χ1) is 12.7. The number of aliphatic hydroxyl groups is 1. The number of hydrogen-bond donors (Lipinski definition) is 1. The second kappa shape index (κ2) is 6.69. The number of aromatic nitrogens is 1. The van der Waals surface area contributed by atoms with Crippen molar-refractivity contribution in [3.8, 4) is 17.1 Å². The van der Waals surface area contributed by atoms with Crippen molar-refractivity contribution in [1.29, 1.82) is 0 Å². The van der Waals surface area contributed by atoms with Gasteiger partial charge in [0.05, 0.1) is 19.4 Å². The summed E-state index contributed by atoms with van der Waals surface area (Å²) >= 11 is 0. The fourth-order valence-corrected chi connectivity index (χ4v) is 4.12. The van der Waals surface area contributed by atoms with Crippen molar-refractivity contribution in [2.24, 2.45) is 0 Å². The van der Waals surface area contributed by atoms with Crippen LogP contribution < -0.4 is 4.74 Å². The Morgan fingerprint density at radius 1 is 1.12 bits per heavy atom. The highest BCUT2D eigenvalue weighted by atomic mass is 19.1. The number of hydrogen-bond acceptors (Lipinski definition) is 3. The van der Waals surface area contributed by atoms with Gasteiger partial charge in [0.1, 0.15) is 5.82 Å².